The predicted octanol–water partition coefficient (Wildman–Crippen LogP) is -0.00390. The van der Waals surface area contributed by atoms with Gasteiger partial charge < -0.3 is 9.84 Å². The van der Waals surface area contributed by atoms with Crippen LogP contribution in [0.15, 0.2) is 0 Å². The molecule has 2 unspecified atom stereocenters. The maximum Gasteiger partial charge on any atom is 0.308 e. The van der Waals surface area contributed by atoms with E-state index in [4.69, 9.17) is 4.74 Å². The van der Waals surface area contributed by atoms with Gasteiger partial charge in [0.1, 0.15) is 0 Å². The summed E-state index contributed by atoms with van der Waals surface area (Å²) in [4.78, 5) is 11.3. The zero-order valence-corrected chi connectivity index (χ0v) is 12.5. The Hall–Kier alpha value is -0.700. The molecular formula is C12H22N2O5S. The van der Waals surface area contributed by atoms with Crippen molar-refractivity contribution in [2.75, 3.05) is 39.4 Å². The van der Waals surface area contributed by atoms with Crippen molar-refractivity contribution in [2.24, 2.45) is 11.8 Å². The summed E-state index contributed by atoms with van der Waals surface area (Å²) in [5.74, 6) is -1.58. The predicted molar refractivity (Wildman–Crippen MR) is 72.4 cm³/mol. The van der Waals surface area contributed by atoms with Gasteiger partial charge in [-0.3, -0.25) is 4.79 Å². The van der Waals surface area contributed by atoms with E-state index < -0.39 is 22.1 Å². The molecule has 0 aromatic rings. The van der Waals surface area contributed by atoms with Crippen LogP contribution in [0.1, 0.15) is 19.8 Å². The SMILES string of the molecule is CCCC1CN(S(=O)(=O)N2CCOCC2)CC1C(=O)O. The third kappa shape index (κ3) is 3.13. The molecule has 1 N–H and O–H groups in total. The molecule has 0 aromatic carbocycles. The van der Waals surface area contributed by atoms with E-state index in [9.17, 15) is 18.3 Å². The Morgan fingerprint density at radius 2 is 1.90 bits per heavy atom. The first-order valence-electron chi connectivity index (χ1n) is 7.02. The molecule has 0 amide bonds. The van der Waals surface area contributed by atoms with E-state index in [1.807, 2.05) is 6.92 Å². The molecule has 2 saturated heterocycles. The van der Waals surface area contributed by atoms with Crippen LogP contribution in [0.4, 0.5) is 0 Å². The van der Waals surface area contributed by atoms with Crippen molar-refractivity contribution in [3.8, 4) is 0 Å². The van der Waals surface area contributed by atoms with Gasteiger partial charge in [-0.15, -0.1) is 0 Å². The fourth-order valence-electron chi connectivity index (χ4n) is 2.90. The van der Waals surface area contributed by atoms with Crippen molar-refractivity contribution in [1.29, 1.82) is 0 Å². The Balaban J connectivity index is 2.10. The summed E-state index contributed by atoms with van der Waals surface area (Å²) in [5.41, 5.74) is 0. The fraction of sp³-hybridized carbons (Fsp3) is 0.917. The van der Waals surface area contributed by atoms with Crippen LogP contribution in [-0.2, 0) is 19.7 Å². The fourth-order valence-corrected chi connectivity index (χ4v) is 4.57. The Bertz CT molecular complexity index is 447. The van der Waals surface area contributed by atoms with Gasteiger partial charge in [0.2, 0.25) is 0 Å². The van der Waals surface area contributed by atoms with Crippen LogP contribution in [-0.4, -0.2) is 67.5 Å². The zero-order chi connectivity index (χ0) is 14.8. The van der Waals surface area contributed by atoms with E-state index >= 15 is 0 Å². The highest BCUT2D eigenvalue weighted by molar-refractivity contribution is 7.86. The highest BCUT2D eigenvalue weighted by Gasteiger charge is 2.43. The Kier molecular flexibility index (Phi) is 5.00. The second kappa shape index (κ2) is 6.38. The molecule has 2 rings (SSSR count). The summed E-state index contributed by atoms with van der Waals surface area (Å²) in [6.07, 6.45) is 1.60. The van der Waals surface area contributed by atoms with Gasteiger partial charge in [0.25, 0.3) is 10.2 Å². The number of carboxylic acid groups (broad SMARTS) is 1. The van der Waals surface area contributed by atoms with Gasteiger partial charge in [-0.05, 0) is 12.3 Å². The van der Waals surface area contributed by atoms with Crippen molar-refractivity contribution >= 4 is 16.2 Å². The van der Waals surface area contributed by atoms with Gasteiger partial charge in [0.15, 0.2) is 0 Å². The lowest BCUT2D eigenvalue weighted by Gasteiger charge is -2.30. The van der Waals surface area contributed by atoms with E-state index in [1.54, 1.807) is 0 Å². The lowest BCUT2D eigenvalue weighted by atomic mass is 9.92. The molecule has 2 fully saturated rings. The van der Waals surface area contributed by atoms with Gasteiger partial charge >= 0.3 is 5.97 Å². The van der Waals surface area contributed by atoms with Gasteiger partial charge in [0.05, 0.1) is 19.1 Å². The van der Waals surface area contributed by atoms with Crippen LogP contribution in [0.5, 0.6) is 0 Å². The number of nitrogens with zero attached hydrogens (tertiary/aromatic N) is 2. The average molecular weight is 306 g/mol. The number of carbonyl (C=O) groups is 1. The molecular weight excluding hydrogens is 284 g/mol. The van der Waals surface area contributed by atoms with Crippen LogP contribution in [0.3, 0.4) is 0 Å². The molecule has 8 heteroatoms. The molecule has 20 heavy (non-hydrogen) atoms. The normalized spacial score (nSPS) is 29.6. The van der Waals surface area contributed by atoms with Crippen LogP contribution in [0.25, 0.3) is 0 Å². The summed E-state index contributed by atoms with van der Waals surface area (Å²) >= 11 is 0. The molecule has 116 valence electrons. The Labute approximate surface area is 119 Å². The van der Waals surface area contributed by atoms with Crippen molar-refractivity contribution in [3.63, 3.8) is 0 Å². The first-order valence-corrected chi connectivity index (χ1v) is 8.42. The number of rotatable bonds is 5. The van der Waals surface area contributed by atoms with E-state index in [1.165, 1.54) is 8.61 Å². The van der Waals surface area contributed by atoms with Crippen LogP contribution < -0.4 is 0 Å². The van der Waals surface area contributed by atoms with Crippen LogP contribution >= 0.6 is 0 Å². The molecule has 2 heterocycles. The minimum absolute atomic E-state index is 0.0830. The Morgan fingerprint density at radius 3 is 2.45 bits per heavy atom. The van der Waals surface area contributed by atoms with Gasteiger partial charge in [-0.2, -0.15) is 17.0 Å². The number of carboxylic acids is 1. The molecule has 0 radical (unpaired) electrons. The maximum atomic E-state index is 12.5. The minimum atomic E-state index is -3.56. The summed E-state index contributed by atoms with van der Waals surface area (Å²) in [5, 5.41) is 9.25. The van der Waals surface area contributed by atoms with Crippen LogP contribution in [0, 0.1) is 11.8 Å². The molecule has 0 aliphatic carbocycles. The molecule has 2 aliphatic rings. The molecule has 0 saturated carbocycles. The van der Waals surface area contributed by atoms with Crippen molar-refractivity contribution in [2.45, 2.75) is 19.8 Å². The highest BCUT2D eigenvalue weighted by atomic mass is 32.2. The summed E-state index contributed by atoms with van der Waals surface area (Å²) in [6.45, 7) is 3.86. The van der Waals surface area contributed by atoms with Crippen molar-refractivity contribution < 1.29 is 23.1 Å². The van der Waals surface area contributed by atoms with E-state index in [0.717, 1.165) is 12.8 Å². The zero-order valence-electron chi connectivity index (χ0n) is 11.7. The summed E-state index contributed by atoms with van der Waals surface area (Å²) < 4.78 is 32.9. The largest absolute Gasteiger partial charge is 0.481 e. The number of hydrogen-bond donors (Lipinski definition) is 1. The average Bonchev–Trinajstić information content (AvgIpc) is 2.85. The van der Waals surface area contributed by atoms with E-state index in [0.29, 0.717) is 32.8 Å². The number of morpholine rings is 1. The molecule has 2 aliphatic heterocycles. The van der Waals surface area contributed by atoms with Gasteiger partial charge in [-0.25, -0.2) is 0 Å². The monoisotopic (exact) mass is 306 g/mol. The first kappa shape index (κ1) is 15.7. The number of ether oxygens (including phenoxy) is 1. The lowest BCUT2D eigenvalue weighted by molar-refractivity contribution is -0.142. The summed E-state index contributed by atoms with van der Waals surface area (Å²) in [7, 11) is -3.56. The third-order valence-corrected chi connectivity index (χ3v) is 5.98. The highest BCUT2D eigenvalue weighted by Crippen LogP contribution is 2.30. The number of hydrogen-bond acceptors (Lipinski definition) is 4. The molecule has 0 bridgehead atoms. The second-order valence-corrected chi connectivity index (χ2v) is 7.26. The molecule has 2 atom stereocenters. The van der Waals surface area contributed by atoms with Crippen LogP contribution in [0.2, 0.25) is 0 Å². The van der Waals surface area contributed by atoms with E-state index in [-0.39, 0.29) is 12.5 Å². The van der Waals surface area contributed by atoms with Crippen molar-refractivity contribution in [1.82, 2.24) is 8.61 Å². The maximum absolute atomic E-state index is 12.5. The molecule has 0 spiro atoms. The lowest BCUT2D eigenvalue weighted by Crippen LogP contribution is -2.48. The first-order chi connectivity index (χ1) is 9.46. The quantitative estimate of drug-likeness (QED) is 0.772. The summed E-state index contributed by atoms with van der Waals surface area (Å²) in [6, 6.07) is 0. The molecule has 0 aromatic heterocycles. The van der Waals surface area contributed by atoms with Gasteiger partial charge in [0, 0.05) is 26.2 Å². The number of aliphatic carboxylic acids is 1. The third-order valence-electron chi connectivity index (χ3n) is 4.01. The topological polar surface area (TPSA) is 87.2 Å². The Morgan fingerprint density at radius 1 is 1.25 bits per heavy atom. The van der Waals surface area contributed by atoms with E-state index in [2.05, 4.69) is 0 Å². The molecule has 7 nitrogen and oxygen atoms in total. The smallest absolute Gasteiger partial charge is 0.308 e. The standard InChI is InChI=1S/C12H22N2O5S/c1-2-3-10-8-14(9-11(10)12(15)16)20(17,18)13-4-6-19-7-5-13/h10-11H,2-9H2,1H3,(H,15,16). The minimum Gasteiger partial charge on any atom is -0.481 e. The second-order valence-electron chi connectivity index (χ2n) is 5.33. The van der Waals surface area contributed by atoms with Gasteiger partial charge in [-0.1, -0.05) is 13.3 Å². The van der Waals surface area contributed by atoms with Crippen molar-refractivity contribution in [3.05, 3.63) is 0 Å².